The molecule has 4 heteroatoms. The average Bonchev–Trinajstić information content (AvgIpc) is 2.54. The zero-order valence-electron chi connectivity index (χ0n) is 18.4. The maximum absolute atomic E-state index is 12.4. The molecule has 0 aromatic heterocycles. The van der Waals surface area contributed by atoms with Crippen LogP contribution in [0.15, 0.2) is 23.3 Å². The lowest BCUT2D eigenvalue weighted by Crippen LogP contribution is -2.44. The predicted octanol–water partition coefficient (Wildman–Crippen LogP) is 5.47. The number of esters is 2. The van der Waals surface area contributed by atoms with Gasteiger partial charge in [0.1, 0.15) is 12.2 Å². The molecule has 1 aliphatic rings. The van der Waals surface area contributed by atoms with Gasteiger partial charge in [-0.1, -0.05) is 38.5 Å². The lowest BCUT2D eigenvalue weighted by molar-refractivity contribution is -0.165. The van der Waals surface area contributed by atoms with Crippen LogP contribution in [0, 0.1) is 23.7 Å². The number of ether oxygens (including phenoxy) is 2. The van der Waals surface area contributed by atoms with Crippen LogP contribution >= 0.6 is 0 Å². The second-order valence-electron chi connectivity index (χ2n) is 8.61. The molecule has 0 N–H and O–H groups in total. The Labute approximate surface area is 165 Å². The van der Waals surface area contributed by atoms with Crippen molar-refractivity contribution in [3.63, 3.8) is 0 Å². The Kier molecular flexibility index (Phi) is 9.28. The molecule has 0 heterocycles. The highest BCUT2D eigenvalue weighted by Gasteiger charge is 2.41. The molecule has 0 aromatic carbocycles. The van der Waals surface area contributed by atoms with Crippen LogP contribution in [-0.4, -0.2) is 24.1 Å². The van der Waals surface area contributed by atoms with Crippen LogP contribution in [0.5, 0.6) is 0 Å². The van der Waals surface area contributed by atoms with Crippen molar-refractivity contribution in [3.8, 4) is 0 Å². The van der Waals surface area contributed by atoms with Gasteiger partial charge in [0.25, 0.3) is 0 Å². The lowest BCUT2D eigenvalue weighted by atomic mass is 9.71. The number of carbonyl (C=O) groups excluding carboxylic acids is 2. The normalized spacial score (nSPS) is 28.1. The summed E-state index contributed by atoms with van der Waals surface area (Å²) in [6, 6.07) is 0. The molecule has 0 spiro atoms. The topological polar surface area (TPSA) is 52.6 Å². The molecule has 154 valence electrons. The molecule has 1 aliphatic carbocycles. The van der Waals surface area contributed by atoms with Crippen LogP contribution in [-0.2, 0) is 19.1 Å². The Hall–Kier alpha value is -1.58. The maximum atomic E-state index is 12.4. The van der Waals surface area contributed by atoms with Gasteiger partial charge in [-0.2, -0.15) is 0 Å². The summed E-state index contributed by atoms with van der Waals surface area (Å²) in [6.07, 6.45) is 6.33. The highest BCUT2D eigenvalue weighted by molar-refractivity contribution is 5.87. The summed E-state index contributed by atoms with van der Waals surface area (Å²) >= 11 is 0. The summed E-state index contributed by atoms with van der Waals surface area (Å²) in [4.78, 5) is 23.9. The second-order valence-corrected chi connectivity index (χ2v) is 8.61. The van der Waals surface area contributed by atoms with Crippen LogP contribution in [0.2, 0.25) is 0 Å². The van der Waals surface area contributed by atoms with E-state index in [2.05, 4.69) is 40.7 Å². The standard InChI is InChI=1S/C23H38O4/c1-9-16(5)23(25)27-22-12-18(7)21(26-19(8)24)13-20(22)17(6)11-15(4)10-14(2)3/h9-10,15,17-18,20-22H,11-13H2,1-8H3/b16-9-/t15?,17?,18-,20-,21+,22+/m0/s1. The molecular weight excluding hydrogens is 340 g/mol. The first-order valence-electron chi connectivity index (χ1n) is 10.2. The fourth-order valence-corrected chi connectivity index (χ4v) is 4.20. The highest BCUT2D eigenvalue weighted by Crippen LogP contribution is 2.39. The van der Waals surface area contributed by atoms with Crippen LogP contribution in [0.1, 0.15) is 74.7 Å². The van der Waals surface area contributed by atoms with Crippen molar-refractivity contribution in [3.05, 3.63) is 23.3 Å². The first-order valence-corrected chi connectivity index (χ1v) is 10.2. The van der Waals surface area contributed by atoms with Crippen LogP contribution < -0.4 is 0 Å². The molecule has 4 nitrogen and oxygen atoms in total. The van der Waals surface area contributed by atoms with Crippen LogP contribution in [0.4, 0.5) is 0 Å². The summed E-state index contributed by atoms with van der Waals surface area (Å²) in [5.41, 5.74) is 1.95. The third-order valence-corrected chi connectivity index (χ3v) is 5.64. The van der Waals surface area contributed by atoms with Gasteiger partial charge in [0.05, 0.1) is 0 Å². The van der Waals surface area contributed by atoms with Crippen molar-refractivity contribution in [2.24, 2.45) is 23.7 Å². The van der Waals surface area contributed by atoms with Gasteiger partial charge in [-0.15, -0.1) is 0 Å². The second kappa shape index (κ2) is 10.7. The van der Waals surface area contributed by atoms with Crippen molar-refractivity contribution in [2.45, 2.75) is 86.9 Å². The molecule has 0 aliphatic heterocycles. The summed E-state index contributed by atoms with van der Waals surface area (Å²) in [5.74, 6) is 0.713. The third kappa shape index (κ3) is 7.51. The van der Waals surface area contributed by atoms with E-state index in [1.54, 1.807) is 13.0 Å². The minimum atomic E-state index is -0.241. The third-order valence-electron chi connectivity index (χ3n) is 5.64. The largest absolute Gasteiger partial charge is 0.462 e. The van der Waals surface area contributed by atoms with Gasteiger partial charge < -0.3 is 9.47 Å². The zero-order chi connectivity index (χ0) is 20.7. The molecule has 0 aromatic rings. The van der Waals surface area contributed by atoms with Gasteiger partial charge >= 0.3 is 11.9 Å². The van der Waals surface area contributed by atoms with Gasteiger partial charge in [0, 0.05) is 18.4 Å². The molecule has 0 bridgehead atoms. The zero-order valence-corrected chi connectivity index (χ0v) is 18.4. The van der Waals surface area contributed by atoms with Crippen LogP contribution in [0.25, 0.3) is 0 Å². The molecule has 0 radical (unpaired) electrons. The summed E-state index contributed by atoms with van der Waals surface area (Å²) in [6.45, 7) is 15.8. The monoisotopic (exact) mass is 378 g/mol. The Bertz CT molecular complexity index is 571. The summed E-state index contributed by atoms with van der Waals surface area (Å²) < 4.78 is 11.5. The quantitative estimate of drug-likeness (QED) is 0.335. The summed E-state index contributed by atoms with van der Waals surface area (Å²) in [7, 11) is 0. The molecular formula is C23H38O4. The first-order chi connectivity index (χ1) is 12.5. The van der Waals surface area contributed by atoms with Crippen molar-refractivity contribution in [1.29, 1.82) is 0 Å². The molecule has 1 saturated carbocycles. The van der Waals surface area contributed by atoms with Crippen molar-refractivity contribution < 1.29 is 19.1 Å². The fraction of sp³-hybridized carbons (Fsp3) is 0.739. The van der Waals surface area contributed by atoms with E-state index in [0.717, 1.165) is 19.3 Å². The summed E-state index contributed by atoms with van der Waals surface area (Å²) in [5, 5.41) is 0. The van der Waals surface area contributed by atoms with E-state index in [-0.39, 0.29) is 36.0 Å². The number of carbonyl (C=O) groups is 2. The molecule has 1 fully saturated rings. The molecule has 2 unspecified atom stereocenters. The average molecular weight is 379 g/mol. The Balaban J connectivity index is 2.97. The molecule has 0 amide bonds. The fourth-order valence-electron chi connectivity index (χ4n) is 4.20. The van der Waals surface area contributed by atoms with Gasteiger partial charge in [0.2, 0.25) is 0 Å². The minimum Gasteiger partial charge on any atom is -0.462 e. The Morgan fingerprint density at radius 1 is 1.04 bits per heavy atom. The number of hydrogen-bond donors (Lipinski definition) is 0. The van der Waals surface area contributed by atoms with Crippen molar-refractivity contribution in [2.75, 3.05) is 0 Å². The van der Waals surface area contributed by atoms with E-state index < -0.39 is 0 Å². The van der Waals surface area contributed by atoms with Gasteiger partial charge in [-0.25, -0.2) is 4.79 Å². The first kappa shape index (κ1) is 23.5. The SMILES string of the molecule is C/C=C(/C)C(=O)O[C@@H]1C[C@H](C)[C@H](OC(C)=O)C[C@H]1C(C)CC(C)C=C(C)C. The van der Waals surface area contributed by atoms with E-state index in [4.69, 9.17) is 9.47 Å². The Morgan fingerprint density at radius 3 is 2.19 bits per heavy atom. The van der Waals surface area contributed by atoms with Crippen molar-refractivity contribution in [1.82, 2.24) is 0 Å². The van der Waals surface area contributed by atoms with E-state index in [1.165, 1.54) is 12.5 Å². The predicted molar refractivity (Wildman–Crippen MR) is 109 cm³/mol. The van der Waals surface area contributed by atoms with E-state index >= 15 is 0 Å². The van der Waals surface area contributed by atoms with Crippen LogP contribution in [0.3, 0.4) is 0 Å². The number of rotatable bonds is 7. The minimum absolute atomic E-state index is 0.105. The molecule has 6 atom stereocenters. The molecule has 0 saturated heterocycles. The molecule has 1 rings (SSSR count). The van der Waals surface area contributed by atoms with E-state index in [1.807, 2.05) is 6.92 Å². The van der Waals surface area contributed by atoms with Gasteiger partial charge in [-0.3, -0.25) is 4.79 Å². The number of allylic oxidation sites excluding steroid dienone is 3. The Morgan fingerprint density at radius 2 is 1.67 bits per heavy atom. The smallest absolute Gasteiger partial charge is 0.333 e. The van der Waals surface area contributed by atoms with E-state index in [9.17, 15) is 9.59 Å². The lowest BCUT2D eigenvalue weighted by Gasteiger charge is -2.42. The van der Waals surface area contributed by atoms with Gasteiger partial charge in [0.15, 0.2) is 0 Å². The van der Waals surface area contributed by atoms with Crippen molar-refractivity contribution >= 4 is 11.9 Å². The number of hydrogen-bond acceptors (Lipinski definition) is 4. The maximum Gasteiger partial charge on any atom is 0.333 e. The van der Waals surface area contributed by atoms with Gasteiger partial charge in [-0.05, 0) is 64.7 Å². The molecule has 27 heavy (non-hydrogen) atoms. The highest BCUT2D eigenvalue weighted by atomic mass is 16.6. The van der Waals surface area contributed by atoms with E-state index in [0.29, 0.717) is 17.4 Å².